The molecule has 2 aromatic carbocycles. The molecule has 0 aliphatic carbocycles. The number of fused-ring (bicyclic) bond motifs is 2. The van der Waals surface area contributed by atoms with Crippen molar-refractivity contribution < 1.29 is 37.9 Å². The van der Waals surface area contributed by atoms with Crippen LogP contribution in [0.5, 0.6) is 11.5 Å². The summed E-state index contributed by atoms with van der Waals surface area (Å²) >= 11 is 10.5. The van der Waals surface area contributed by atoms with E-state index in [1.54, 1.807) is 14.1 Å². The van der Waals surface area contributed by atoms with Crippen LogP contribution in [0.4, 0.5) is 22.7 Å². The van der Waals surface area contributed by atoms with Gasteiger partial charge in [-0.1, -0.05) is 0 Å². The fourth-order valence-corrected chi connectivity index (χ4v) is 4.82. The fourth-order valence-electron chi connectivity index (χ4n) is 4.58. The zero-order valence-electron chi connectivity index (χ0n) is 29.8. The summed E-state index contributed by atoms with van der Waals surface area (Å²) in [5.41, 5.74) is 3.51. The largest absolute Gasteiger partial charge is 0.489 e. The van der Waals surface area contributed by atoms with Gasteiger partial charge in [0.15, 0.2) is 10.2 Å². The minimum atomic E-state index is 0.375. The highest BCUT2D eigenvalue weighted by Gasteiger charge is 2.13. The number of nitrogens with zero attached hydrogens (tertiary/aromatic N) is 2. The van der Waals surface area contributed by atoms with Crippen LogP contribution < -0.4 is 40.5 Å². The molecule has 280 valence electrons. The topological polar surface area (TPSA) is 128 Å². The Labute approximate surface area is 307 Å². The van der Waals surface area contributed by atoms with Crippen LogP contribution in [0.25, 0.3) is 0 Å². The second-order valence-electron chi connectivity index (χ2n) is 11.0. The maximum Gasteiger partial charge on any atom is 0.170 e. The van der Waals surface area contributed by atoms with Crippen molar-refractivity contribution in [1.82, 2.24) is 10.6 Å². The Kier molecular flexibility index (Phi) is 20.5. The van der Waals surface area contributed by atoms with Gasteiger partial charge in [0.05, 0.1) is 90.7 Å². The summed E-state index contributed by atoms with van der Waals surface area (Å²) in [6, 6.07) is 11.8. The molecule has 0 unspecified atom stereocenters. The number of hydrogen-bond acceptors (Lipinski definition) is 12. The number of ether oxygens (including phenoxy) is 8. The van der Waals surface area contributed by atoms with Crippen molar-refractivity contribution >= 4 is 57.4 Å². The molecule has 1 aliphatic heterocycles. The lowest BCUT2D eigenvalue weighted by Crippen LogP contribution is -2.26. The van der Waals surface area contributed by atoms with E-state index >= 15 is 0 Å². The van der Waals surface area contributed by atoms with Gasteiger partial charge in [0, 0.05) is 64.8 Å². The zero-order chi connectivity index (χ0) is 35.8. The third-order valence-electron chi connectivity index (χ3n) is 7.31. The molecule has 16 heteroatoms. The predicted octanol–water partition coefficient (Wildman–Crippen LogP) is 2.96. The Morgan fingerprint density at radius 2 is 0.820 bits per heavy atom. The molecule has 0 aromatic heterocycles. The Morgan fingerprint density at radius 1 is 0.500 bits per heavy atom. The average molecular weight is 739 g/mol. The van der Waals surface area contributed by atoms with E-state index in [0.29, 0.717) is 127 Å². The van der Waals surface area contributed by atoms with Crippen LogP contribution in [0.3, 0.4) is 0 Å². The summed E-state index contributed by atoms with van der Waals surface area (Å²) in [6.07, 6.45) is 0. The standard InChI is InChI=1S/C34H54N6O8S2/c1-35-33(49)37-27-5-7-29-31(25-27)47-23-21-45-19-17-44-18-20-46-22-24-48-32-26-28(38-34(50)36-2)6-8-30(32)40(4)10-12-42-14-16-43-15-13-41-11-9-39(29)3/h5-8,25-26H,9-24H2,1-4H3,(H2,35,37,49)(H2,36,38,50). The highest BCUT2D eigenvalue weighted by molar-refractivity contribution is 7.80. The van der Waals surface area contributed by atoms with Gasteiger partial charge in [0.2, 0.25) is 0 Å². The molecule has 0 atom stereocenters. The molecule has 4 N–H and O–H groups in total. The fraction of sp³-hybridized carbons (Fsp3) is 0.588. The summed E-state index contributed by atoms with van der Waals surface area (Å²) in [4.78, 5) is 4.19. The van der Waals surface area contributed by atoms with Crippen LogP contribution in [0.15, 0.2) is 36.4 Å². The van der Waals surface area contributed by atoms with Crippen molar-refractivity contribution in [1.29, 1.82) is 0 Å². The Morgan fingerprint density at radius 3 is 1.16 bits per heavy atom. The van der Waals surface area contributed by atoms with Gasteiger partial charge < -0.3 is 69.0 Å². The Balaban J connectivity index is 1.53. The van der Waals surface area contributed by atoms with E-state index in [2.05, 4.69) is 31.1 Å². The zero-order valence-corrected chi connectivity index (χ0v) is 31.4. The molecule has 14 nitrogen and oxygen atoms in total. The van der Waals surface area contributed by atoms with Crippen molar-refractivity contribution in [2.75, 3.05) is 154 Å². The molecule has 0 spiro atoms. The number of likely N-dealkylation sites (N-methyl/N-ethyl adjacent to an activating group) is 2. The smallest absolute Gasteiger partial charge is 0.170 e. The molecule has 0 bridgehead atoms. The Hall–Kier alpha value is -3.22. The van der Waals surface area contributed by atoms with Gasteiger partial charge in [0.1, 0.15) is 24.7 Å². The first kappa shape index (κ1) is 41.2. The van der Waals surface area contributed by atoms with E-state index in [0.717, 1.165) is 22.7 Å². The second-order valence-corrected chi connectivity index (χ2v) is 11.8. The van der Waals surface area contributed by atoms with E-state index < -0.39 is 0 Å². The first-order valence-electron chi connectivity index (χ1n) is 16.8. The van der Waals surface area contributed by atoms with Gasteiger partial charge >= 0.3 is 0 Å². The Bertz CT molecular complexity index is 1190. The van der Waals surface area contributed by atoms with E-state index in [-0.39, 0.29) is 0 Å². The van der Waals surface area contributed by atoms with E-state index in [9.17, 15) is 0 Å². The first-order valence-corrected chi connectivity index (χ1v) is 17.6. The molecule has 50 heavy (non-hydrogen) atoms. The summed E-state index contributed by atoms with van der Waals surface area (Å²) in [6.45, 7) is 7.72. The number of anilines is 4. The van der Waals surface area contributed by atoms with Crippen LogP contribution in [0.1, 0.15) is 0 Å². The van der Waals surface area contributed by atoms with Crippen molar-refractivity contribution in [2.45, 2.75) is 0 Å². The van der Waals surface area contributed by atoms with Crippen LogP contribution >= 0.6 is 24.4 Å². The van der Waals surface area contributed by atoms with Gasteiger partial charge in [-0.3, -0.25) is 0 Å². The monoisotopic (exact) mass is 738 g/mol. The molecule has 1 heterocycles. The number of thiocarbonyl (C=S) groups is 2. The van der Waals surface area contributed by atoms with Crippen molar-refractivity contribution in [3.63, 3.8) is 0 Å². The second kappa shape index (κ2) is 24.8. The lowest BCUT2D eigenvalue weighted by atomic mass is 10.2. The summed E-state index contributed by atoms with van der Waals surface area (Å²) in [5.74, 6) is 1.43. The van der Waals surface area contributed by atoms with Crippen LogP contribution in [0, 0.1) is 0 Å². The van der Waals surface area contributed by atoms with Crippen LogP contribution in [-0.4, -0.2) is 144 Å². The average Bonchev–Trinajstić information content (AvgIpc) is 3.11. The van der Waals surface area contributed by atoms with E-state index in [1.165, 1.54) is 0 Å². The maximum absolute atomic E-state index is 6.14. The molecular weight excluding hydrogens is 685 g/mol. The predicted molar refractivity (Wildman–Crippen MR) is 206 cm³/mol. The third kappa shape index (κ3) is 16.2. The number of benzene rings is 2. The van der Waals surface area contributed by atoms with Crippen molar-refractivity contribution in [3.8, 4) is 11.5 Å². The summed E-state index contributed by atoms with van der Waals surface area (Å²) in [5, 5.41) is 13.2. The highest BCUT2D eigenvalue weighted by atomic mass is 32.1. The molecule has 3 rings (SSSR count). The van der Waals surface area contributed by atoms with Gasteiger partial charge in [-0.15, -0.1) is 0 Å². The van der Waals surface area contributed by atoms with Crippen molar-refractivity contribution in [2.24, 2.45) is 0 Å². The molecule has 0 saturated carbocycles. The summed E-state index contributed by atoms with van der Waals surface area (Å²) < 4.78 is 46.8. The lowest BCUT2D eigenvalue weighted by Gasteiger charge is -2.23. The SMILES string of the molecule is CNC(=S)Nc1ccc2c(c1)OCCOCCOCCOCCOc1cc(NC(=S)NC)ccc1N(C)CCOCCOCCOCCN2C. The van der Waals surface area contributed by atoms with Crippen molar-refractivity contribution in [3.05, 3.63) is 36.4 Å². The number of nitrogens with one attached hydrogen (secondary N) is 4. The van der Waals surface area contributed by atoms with Crippen LogP contribution in [0.2, 0.25) is 0 Å². The highest BCUT2D eigenvalue weighted by Crippen LogP contribution is 2.32. The lowest BCUT2D eigenvalue weighted by molar-refractivity contribution is 0.00501. The minimum absolute atomic E-state index is 0.375. The molecule has 0 radical (unpaired) electrons. The number of rotatable bonds is 2. The van der Waals surface area contributed by atoms with E-state index in [1.807, 2.05) is 50.5 Å². The molecule has 0 amide bonds. The maximum atomic E-state index is 6.14. The van der Waals surface area contributed by atoms with Gasteiger partial charge in [-0.05, 0) is 48.7 Å². The van der Waals surface area contributed by atoms with Gasteiger partial charge in [0.25, 0.3) is 0 Å². The number of hydrogen-bond donors (Lipinski definition) is 4. The molecular formula is C34H54N6O8S2. The summed E-state index contributed by atoms with van der Waals surface area (Å²) in [7, 11) is 7.55. The molecule has 1 aliphatic rings. The molecule has 2 aromatic rings. The molecule has 0 fully saturated rings. The quantitative estimate of drug-likeness (QED) is 0.337. The van der Waals surface area contributed by atoms with E-state index in [4.69, 9.17) is 62.3 Å². The molecule has 0 saturated heterocycles. The van der Waals surface area contributed by atoms with Crippen LogP contribution in [-0.2, 0) is 28.4 Å². The first-order chi connectivity index (χ1) is 24.4. The van der Waals surface area contributed by atoms with Gasteiger partial charge in [-0.2, -0.15) is 0 Å². The van der Waals surface area contributed by atoms with Gasteiger partial charge in [-0.25, -0.2) is 0 Å². The minimum Gasteiger partial charge on any atom is -0.489 e. The normalized spacial score (nSPS) is 17.4. The third-order valence-corrected chi connectivity index (χ3v) is 7.92.